The molecule has 0 aromatic rings. The van der Waals surface area contributed by atoms with Gasteiger partial charge in [-0.2, -0.15) is 0 Å². The van der Waals surface area contributed by atoms with Gasteiger partial charge in [-0.25, -0.2) is 17.7 Å². The van der Waals surface area contributed by atoms with Crippen molar-refractivity contribution < 1.29 is 13.3 Å². The lowest BCUT2D eigenvalue weighted by Gasteiger charge is -2.32. The van der Waals surface area contributed by atoms with Crippen LogP contribution < -0.4 is 11.1 Å². The fourth-order valence-corrected chi connectivity index (χ4v) is 3.27. The lowest BCUT2D eigenvalue weighted by Crippen LogP contribution is -2.47. The fraction of sp³-hybridized carbons (Fsp3) is 0.600. The Hall–Kier alpha value is -1.71. The van der Waals surface area contributed by atoms with E-state index in [0.717, 1.165) is 18.4 Å². The van der Waals surface area contributed by atoms with Gasteiger partial charge in [0.1, 0.15) is 12.1 Å². The average molecular weight is 357 g/mol. The monoisotopic (exact) mass is 357 g/mol. The van der Waals surface area contributed by atoms with Crippen molar-refractivity contribution in [3.05, 3.63) is 23.7 Å². The van der Waals surface area contributed by atoms with Gasteiger partial charge < -0.3 is 15.9 Å². The van der Waals surface area contributed by atoms with Crippen molar-refractivity contribution in [2.24, 2.45) is 15.9 Å². The van der Waals surface area contributed by atoms with Crippen molar-refractivity contribution in [1.29, 1.82) is 0 Å². The second-order valence-corrected chi connectivity index (χ2v) is 7.60. The number of nitrogens with two attached hydrogens (primary N) is 1. The third kappa shape index (κ3) is 6.42. The number of nitrogens with zero attached hydrogens (tertiary/aromatic N) is 3. The molecule has 9 heteroatoms. The Morgan fingerprint density at radius 1 is 1.54 bits per heavy atom. The number of oxime groups is 1. The van der Waals surface area contributed by atoms with Crippen LogP contribution in [0.3, 0.4) is 0 Å². The standard InChI is InChI=1S/C15H27N5O3S/c1-5-18-23-10-8-14(16)12(2)15(17-3)19-13-7-6-9-20(11-13)24(4,21)22/h5,8,10,13-14,19H,3,6-7,9,11,16H2,1-2,4H3/b10-8+,15-12+,18-5+. The SMILES string of the molecule is C=N/C(NC1CCCN(S(C)(=O)=O)C1)=C(/C)C(N)/C=C/O/N=C/C. The molecule has 1 saturated heterocycles. The summed E-state index contributed by atoms with van der Waals surface area (Å²) in [6.45, 7) is 8.11. The number of hydrogen-bond acceptors (Lipinski definition) is 7. The Bertz CT molecular complexity index is 613. The van der Waals surface area contributed by atoms with Crippen LogP contribution in [-0.4, -0.2) is 57.1 Å². The molecule has 0 amide bonds. The van der Waals surface area contributed by atoms with Gasteiger partial charge in [0.15, 0.2) is 0 Å². The maximum absolute atomic E-state index is 11.7. The van der Waals surface area contributed by atoms with Gasteiger partial charge in [-0.05, 0) is 45.1 Å². The normalized spacial score (nSPS) is 22.4. The summed E-state index contributed by atoms with van der Waals surface area (Å²) in [7, 11) is -3.19. The van der Waals surface area contributed by atoms with Crippen LogP contribution in [0.4, 0.5) is 0 Å². The van der Waals surface area contributed by atoms with Crippen LogP contribution in [0, 0.1) is 0 Å². The number of piperidine rings is 1. The summed E-state index contributed by atoms with van der Waals surface area (Å²) in [5.74, 6) is 0.562. The molecule has 0 bridgehead atoms. The van der Waals surface area contributed by atoms with Crippen molar-refractivity contribution in [3.63, 3.8) is 0 Å². The highest BCUT2D eigenvalue weighted by molar-refractivity contribution is 7.88. The van der Waals surface area contributed by atoms with Crippen molar-refractivity contribution >= 4 is 23.0 Å². The molecular weight excluding hydrogens is 330 g/mol. The highest BCUT2D eigenvalue weighted by atomic mass is 32.2. The van der Waals surface area contributed by atoms with Gasteiger partial charge in [-0.1, -0.05) is 5.16 Å². The van der Waals surface area contributed by atoms with Crippen molar-refractivity contribution in [3.8, 4) is 0 Å². The minimum Gasteiger partial charge on any atom is -0.366 e. The Balaban J connectivity index is 2.77. The molecule has 1 rings (SSSR count). The van der Waals surface area contributed by atoms with E-state index >= 15 is 0 Å². The Labute approximate surface area is 144 Å². The third-order valence-electron chi connectivity index (χ3n) is 3.74. The molecule has 0 spiro atoms. The highest BCUT2D eigenvalue weighted by Crippen LogP contribution is 2.16. The van der Waals surface area contributed by atoms with Crippen LogP contribution in [0.2, 0.25) is 0 Å². The van der Waals surface area contributed by atoms with E-state index in [1.807, 2.05) is 6.92 Å². The lowest BCUT2D eigenvalue weighted by atomic mass is 10.1. The number of sulfonamides is 1. The predicted molar refractivity (Wildman–Crippen MR) is 97.2 cm³/mol. The highest BCUT2D eigenvalue weighted by Gasteiger charge is 2.26. The van der Waals surface area contributed by atoms with E-state index in [1.165, 1.54) is 23.0 Å². The molecule has 1 fully saturated rings. The Kier molecular flexibility index (Phi) is 8.09. The third-order valence-corrected chi connectivity index (χ3v) is 5.01. The molecular formula is C15H27N5O3S. The molecule has 1 heterocycles. The van der Waals surface area contributed by atoms with E-state index in [0.29, 0.717) is 18.9 Å². The minimum atomic E-state index is -3.19. The number of aliphatic imine (C=N–C) groups is 1. The van der Waals surface area contributed by atoms with Crippen molar-refractivity contribution in [1.82, 2.24) is 9.62 Å². The van der Waals surface area contributed by atoms with Crippen LogP contribution in [-0.2, 0) is 14.9 Å². The van der Waals surface area contributed by atoms with Crippen LogP contribution in [0.1, 0.15) is 26.7 Å². The molecule has 3 N–H and O–H groups in total. The maximum atomic E-state index is 11.7. The molecule has 2 atom stereocenters. The number of rotatable bonds is 8. The summed E-state index contributed by atoms with van der Waals surface area (Å²) >= 11 is 0. The Morgan fingerprint density at radius 2 is 2.25 bits per heavy atom. The fourth-order valence-electron chi connectivity index (χ4n) is 2.36. The zero-order valence-electron chi connectivity index (χ0n) is 14.5. The Morgan fingerprint density at radius 3 is 2.83 bits per heavy atom. The first-order valence-corrected chi connectivity index (χ1v) is 9.59. The number of nitrogens with one attached hydrogen (secondary N) is 1. The van der Waals surface area contributed by atoms with Gasteiger partial charge in [0.25, 0.3) is 0 Å². The zero-order valence-corrected chi connectivity index (χ0v) is 15.3. The van der Waals surface area contributed by atoms with Gasteiger partial charge in [0.2, 0.25) is 10.0 Å². The van der Waals surface area contributed by atoms with Crippen molar-refractivity contribution in [2.45, 2.75) is 38.8 Å². The maximum Gasteiger partial charge on any atom is 0.211 e. The smallest absolute Gasteiger partial charge is 0.211 e. The summed E-state index contributed by atoms with van der Waals surface area (Å²) in [5, 5.41) is 6.85. The van der Waals surface area contributed by atoms with Gasteiger partial charge in [-0.15, -0.1) is 0 Å². The van der Waals surface area contributed by atoms with Gasteiger partial charge in [-0.3, -0.25) is 0 Å². The average Bonchev–Trinajstić information content (AvgIpc) is 2.55. The first-order chi connectivity index (χ1) is 11.3. The summed E-state index contributed by atoms with van der Waals surface area (Å²) < 4.78 is 24.9. The van der Waals surface area contributed by atoms with Crippen LogP contribution >= 0.6 is 0 Å². The number of hydrogen-bond donors (Lipinski definition) is 2. The quantitative estimate of drug-likeness (QED) is 0.379. The molecule has 0 saturated carbocycles. The first-order valence-electron chi connectivity index (χ1n) is 7.74. The van der Waals surface area contributed by atoms with E-state index in [4.69, 9.17) is 10.6 Å². The first kappa shape index (κ1) is 20.3. The predicted octanol–water partition coefficient (Wildman–Crippen LogP) is 0.795. The van der Waals surface area contributed by atoms with Crippen LogP contribution in [0.25, 0.3) is 0 Å². The summed E-state index contributed by atoms with van der Waals surface area (Å²) in [5.41, 5.74) is 6.85. The van der Waals surface area contributed by atoms with E-state index < -0.39 is 16.1 Å². The van der Waals surface area contributed by atoms with Crippen LogP contribution in [0.5, 0.6) is 0 Å². The summed E-state index contributed by atoms with van der Waals surface area (Å²) in [6, 6.07) is -0.444. The van der Waals surface area contributed by atoms with Crippen LogP contribution in [0.15, 0.2) is 33.9 Å². The van der Waals surface area contributed by atoms with E-state index in [9.17, 15) is 8.42 Å². The summed E-state index contributed by atoms with van der Waals surface area (Å²) in [6.07, 6.45) is 7.45. The van der Waals surface area contributed by atoms with Gasteiger partial charge in [0, 0.05) is 25.3 Å². The molecule has 0 aromatic carbocycles. The van der Waals surface area contributed by atoms with Gasteiger partial charge in [0.05, 0.1) is 12.3 Å². The van der Waals surface area contributed by atoms with E-state index in [1.54, 1.807) is 13.0 Å². The molecule has 0 radical (unpaired) electrons. The lowest BCUT2D eigenvalue weighted by molar-refractivity contribution is 0.268. The van der Waals surface area contributed by atoms with Crippen molar-refractivity contribution in [2.75, 3.05) is 19.3 Å². The molecule has 1 aliphatic heterocycles. The largest absolute Gasteiger partial charge is 0.366 e. The minimum absolute atomic E-state index is 0.0268. The van der Waals surface area contributed by atoms with E-state index in [-0.39, 0.29) is 6.04 Å². The second kappa shape index (κ2) is 9.55. The summed E-state index contributed by atoms with van der Waals surface area (Å²) in [4.78, 5) is 8.87. The molecule has 1 aliphatic rings. The van der Waals surface area contributed by atoms with E-state index in [2.05, 4.69) is 22.2 Å². The molecule has 0 aliphatic carbocycles. The molecule has 136 valence electrons. The molecule has 0 aromatic heterocycles. The molecule has 24 heavy (non-hydrogen) atoms. The topological polar surface area (TPSA) is 109 Å². The zero-order chi connectivity index (χ0) is 18.2. The second-order valence-electron chi connectivity index (χ2n) is 5.62. The molecule has 2 unspecified atom stereocenters. The molecule has 8 nitrogen and oxygen atoms in total. The van der Waals surface area contributed by atoms with Gasteiger partial charge >= 0.3 is 0 Å².